The molecule has 0 aliphatic rings. The van der Waals surface area contributed by atoms with Crippen molar-refractivity contribution >= 4 is 28.2 Å². The maximum Gasteiger partial charge on any atom is 0.270 e. The summed E-state index contributed by atoms with van der Waals surface area (Å²) >= 11 is 0. The number of carbonyl (C=O) groups is 1. The van der Waals surface area contributed by atoms with Gasteiger partial charge in [-0.15, -0.1) is 0 Å². The first-order valence-corrected chi connectivity index (χ1v) is 6.96. The smallest absolute Gasteiger partial charge is 0.270 e. The van der Waals surface area contributed by atoms with Crippen molar-refractivity contribution in [1.82, 2.24) is 4.98 Å². The summed E-state index contributed by atoms with van der Waals surface area (Å²) in [6.45, 7) is 1.95. The molecule has 0 saturated carbocycles. The monoisotopic (exact) mass is 307 g/mol. The fourth-order valence-corrected chi connectivity index (χ4v) is 2.39. The molecule has 3 rings (SSSR count). The summed E-state index contributed by atoms with van der Waals surface area (Å²) in [7, 11) is 0. The van der Waals surface area contributed by atoms with Crippen LogP contribution in [-0.2, 0) is 0 Å². The van der Waals surface area contributed by atoms with Crippen molar-refractivity contribution in [3.8, 4) is 0 Å². The normalized spacial score (nSPS) is 10.5. The van der Waals surface area contributed by atoms with Crippen LogP contribution in [0.1, 0.15) is 15.9 Å². The molecule has 23 heavy (non-hydrogen) atoms. The zero-order chi connectivity index (χ0) is 16.4. The standard InChI is InChI=1S/C17H13N3O3/c1-11-4-2-7-14-15(8-9-18-16(11)14)19-17(21)12-5-3-6-13(10-12)20(22)23/h2-10H,1H3,(H,18,19,21). The summed E-state index contributed by atoms with van der Waals surface area (Å²) in [6, 6.07) is 13.0. The van der Waals surface area contributed by atoms with Crippen LogP contribution in [0, 0.1) is 17.0 Å². The zero-order valence-electron chi connectivity index (χ0n) is 12.3. The zero-order valence-corrected chi connectivity index (χ0v) is 12.3. The molecular weight excluding hydrogens is 294 g/mol. The van der Waals surface area contributed by atoms with Crippen LogP contribution in [0.15, 0.2) is 54.7 Å². The van der Waals surface area contributed by atoms with E-state index in [1.54, 1.807) is 12.3 Å². The van der Waals surface area contributed by atoms with Crippen LogP contribution >= 0.6 is 0 Å². The summed E-state index contributed by atoms with van der Waals surface area (Å²) < 4.78 is 0. The Morgan fingerprint density at radius 3 is 2.74 bits per heavy atom. The molecule has 0 atom stereocenters. The fraction of sp³-hybridized carbons (Fsp3) is 0.0588. The van der Waals surface area contributed by atoms with Crippen LogP contribution in [0.3, 0.4) is 0 Å². The molecule has 0 aliphatic heterocycles. The van der Waals surface area contributed by atoms with Crippen molar-refractivity contribution in [3.05, 3.63) is 76.0 Å². The van der Waals surface area contributed by atoms with Crippen LogP contribution < -0.4 is 5.32 Å². The molecule has 6 heteroatoms. The van der Waals surface area contributed by atoms with Gasteiger partial charge in [0.15, 0.2) is 0 Å². The summed E-state index contributed by atoms with van der Waals surface area (Å²) in [5, 5.41) is 14.4. The van der Waals surface area contributed by atoms with Gasteiger partial charge in [-0.1, -0.05) is 24.3 Å². The number of nitrogens with zero attached hydrogens (tertiary/aromatic N) is 2. The topological polar surface area (TPSA) is 85.1 Å². The number of hydrogen-bond donors (Lipinski definition) is 1. The molecule has 0 aliphatic carbocycles. The number of benzene rings is 2. The van der Waals surface area contributed by atoms with Gasteiger partial charge in [-0.25, -0.2) is 0 Å². The minimum Gasteiger partial charge on any atom is -0.321 e. The number of rotatable bonds is 3. The third-order valence-electron chi connectivity index (χ3n) is 3.54. The van der Waals surface area contributed by atoms with E-state index in [2.05, 4.69) is 10.3 Å². The predicted molar refractivity (Wildman–Crippen MR) is 87.5 cm³/mol. The van der Waals surface area contributed by atoms with Crippen LogP contribution in [-0.4, -0.2) is 15.8 Å². The molecule has 1 amide bonds. The van der Waals surface area contributed by atoms with E-state index in [1.165, 1.54) is 24.3 Å². The number of hydrogen-bond acceptors (Lipinski definition) is 4. The molecular formula is C17H13N3O3. The van der Waals surface area contributed by atoms with Gasteiger partial charge in [0.05, 0.1) is 16.1 Å². The van der Waals surface area contributed by atoms with Crippen molar-refractivity contribution in [2.24, 2.45) is 0 Å². The van der Waals surface area contributed by atoms with E-state index in [4.69, 9.17) is 0 Å². The number of nitrogens with one attached hydrogen (secondary N) is 1. The number of carbonyl (C=O) groups excluding carboxylic acids is 1. The summed E-state index contributed by atoms with van der Waals surface area (Å²) in [6.07, 6.45) is 1.62. The first-order valence-electron chi connectivity index (χ1n) is 6.96. The number of pyridine rings is 1. The molecule has 0 bridgehead atoms. The maximum atomic E-state index is 12.4. The largest absolute Gasteiger partial charge is 0.321 e. The van der Waals surface area contributed by atoms with Gasteiger partial charge in [-0.05, 0) is 24.6 Å². The first-order chi connectivity index (χ1) is 11.1. The quantitative estimate of drug-likeness (QED) is 0.590. The molecule has 114 valence electrons. The van der Waals surface area contributed by atoms with E-state index in [1.807, 2.05) is 25.1 Å². The second-order valence-corrected chi connectivity index (χ2v) is 5.09. The average molecular weight is 307 g/mol. The van der Waals surface area contributed by atoms with E-state index in [0.29, 0.717) is 5.69 Å². The van der Waals surface area contributed by atoms with Gasteiger partial charge in [0.25, 0.3) is 11.6 Å². The summed E-state index contributed by atoms with van der Waals surface area (Å²) in [4.78, 5) is 27.0. The van der Waals surface area contributed by atoms with E-state index < -0.39 is 10.8 Å². The molecule has 0 fully saturated rings. The Hall–Kier alpha value is -3.28. The number of aryl methyl sites for hydroxylation is 1. The van der Waals surface area contributed by atoms with Crippen molar-refractivity contribution in [1.29, 1.82) is 0 Å². The van der Waals surface area contributed by atoms with Gasteiger partial charge in [0, 0.05) is 29.3 Å². The van der Waals surface area contributed by atoms with E-state index >= 15 is 0 Å². The van der Waals surface area contributed by atoms with Crippen LogP contribution in [0.5, 0.6) is 0 Å². The number of amides is 1. The molecule has 1 heterocycles. The Bertz CT molecular complexity index is 922. The lowest BCUT2D eigenvalue weighted by Crippen LogP contribution is -2.12. The molecule has 0 spiro atoms. The second kappa shape index (κ2) is 5.84. The highest BCUT2D eigenvalue weighted by Crippen LogP contribution is 2.24. The lowest BCUT2D eigenvalue weighted by Gasteiger charge is -2.09. The van der Waals surface area contributed by atoms with E-state index in [-0.39, 0.29) is 11.3 Å². The summed E-state index contributed by atoms with van der Waals surface area (Å²) in [5.41, 5.74) is 2.55. The first kappa shape index (κ1) is 14.6. The lowest BCUT2D eigenvalue weighted by molar-refractivity contribution is -0.384. The SMILES string of the molecule is Cc1cccc2c(NC(=O)c3cccc([N+](=O)[O-])c3)ccnc12. The molecule has 3 aromatic rings. The van der Waals surface area contributed by atoms with E-state index in [9.17, 15) is 14.9 Å². The second-order valence-electron chi connectivity index (χ2n) is 5.09. The van der Waals surface area contributed by atoms with Gasteiger partial charge in [-0.2, -0.15) is 0 Å². The Morgan fingerprint density at radius 2 is 1.96 bits per heavy atom. The van der Waals surface area contributed by atoms with Gasteiger partial charge in [0.2, 0.25) is 0 Å². The number of fused-ring (bicyclic) bond motifs is 1. The average Bonchev–Trinajstić information content (AvgIpc) is 2.56. The number of para-hydroxylation sites is 1. The molecule has 2 aromatic carbocycles. The Balaban J connectivity index is 1.96. The van der Waals surface area contributed by atoms with Gasteiger partial charge < -0.3 is 5.32 Å². The number of anilines is 1. The van der Waals surface area contributed by atoms with Crippen LogP contribution in [0.25, 0.3) is 10.9 Å². The predicted octanol–water partition coefficient (Wildman–Crippen LogP) is 3.70. The molecule has 0 radical (unpaired) electrons. The van der Waals surface area contributed by atoms with Crippen molar-refractivity contribution in [2.45, 2.75) is 6.92 Å². The highest BCUT2D eigenvalue weighted by molar-refractivity contribution is 6.09. The third-order valence-corrected chi connectivity index (χ3v) is 3.54. The Morgan fingerprint density at radius 1 is 1.17 bits per heavy atom. The summed E-state index contributed by atoms with van der Waals surface area (Å²) in [5.74, 6) is -0.400. The van der Waals surface area contributed by atoms with Gasteiger partial charge >= 0.3 is 0 Å². The van der Waals surface area contributed by atoms with Crippen LogP contribution in [0.4, 0.5) is 11.4 Å². The van der Waals surface area contributed by atoms with Crippen molar-refractivity contribution < 1.29 is 9.72 Å². The number of nitro benzene ring substituents is 1. The fourth-order valence-electron chi connectivity index (χ4n) is 2.39. The minimum absolute atomic E-state index is 0.118. The van der Waals surface area contributed by atoms with Gasteiger partial charge in [-0.3, -0.25) is 19.9 Å². The number of non-ortho nitro benzene ring substituents is 1. The third kappa shape index (κ3) is 2.87. The molecule has 6 nitrogen and oxygen atoms in total. The highest BCUT2D eigenvalue weighted by Gasteiger charge is 2.13. The molecule has 1 N–H and O–H groups in total. The maximum absolute atomic E-state index is 12.4. The van der Waals surface area contributed by atoms with Crippen LogP contribution in [0.2, 0.25) is 0 Å². The highest BCUT2D eigenvalue weighted by atomic mass is 16.6. The number of aromatic nitrogens is 1. The van der Waals surface area contributed by atoms with Gasteiger partial charge in [0.1, 0.15) is 0 Å². The Kier molecular flexibility index (Phi) is 3.72. The molecule has 1 aromatic heterocycles. The molecule has 0 unspecified atom stereocenters. The number of nitro groups is 1. The molecule has 0 saturated heterocycles. The minimum atomic E-state index is -0.526. The Labute approximate surface area is 131 Å². The van der Waals surface area contributed by atoms with Crippen molar-refractivity contribution in [3.63, 3.8) is 0 Å². The van der Waals surface area contributed by atoms with E-state index in [0.717, 1.165) is 16.5 Å². The van der Waals surface area contributed by atoms with Crippen molar-refractivity contribution in [2.75, 3.05) is 5.32 Å². The lowest BCUT2D eigenvalue weighted by atomic mass is 10.1.